The number of hydrogen-bond acceptors (Lipinski definition) is 0. The van der Waals surface area contributed by atoms with Crippen LogP contribution < -0.4 is 0 Å². The molecular weight excluding hydrogens is 155 g/mol. The van der Waals surface area contributed by atoms with Gasteiger partial charge in [-0.3, -0.25) is 0 Å². The zero-order valence-electron chi connectivity index (χ0n) is 6.08. The summed E-state index contributed by atoms with van der Waals surface area (Å²) in [5, 5.41) is 0. The molecular formula is C7H14Cl2. The van der Waals surface area contributed by atoms with E-state index in [-0.39, 0.29) is 5.41 Å². The van der Waals surface area contributed by atoms with Crippen LogP contribution in [0.15, 0.2) is 0 Å². The Morgan fingerprint density at radius 1 is 1.00 bits per heavy atom. The fourth-order valence-electron chi connectivity index (χ4n) is 0.664. The average Bonchev–Trinajstić information content (AvgIpc) is 1.95. The van der Waals surface area contributed by atoms with Crippen molar-refractivity contribution in [2.75, 3.05) is 11.8 Å². The lowest BCUT2D eigenvalue weighted by Gasteiger charge is -2.25. The van der Waals surface area contributed by atoms with Crippen LogP contribution in [0.2, 0.25) is 0 Å². The lowest BCUT2D eigenvalue weighted by atomic mass is 9.87. The molecule has 0 aromatic carbocycles. The second-order valence-corrected chi connectivity index (χ2v) is 3.01. The molecule has 0 bridgehead atoms. The predicted molar refractivity (Wildman–Crippen MR) is 44.5 cm³/mol. The number of alkyl halides is 2. The third-order valence-electron chi connectivity index (χ3n) is 2.07. The number of rotatable bonds is 4. The minimum atomic E-state index is 0.198. The van der Waals surface area contributed by atoms with Crippen LogP contribution in [-0.4, -0.2) is 11.8 Å². The molecule has 0 N–H and O–H groups in total. The third-order valence-corrected chi connectivity index (χ3v) is 3.20. The van der Waals surface area contributed by atoms with Gasteiger partial charge in [-0.05, 0) is 18.3 Å². The molecule has 0 heterocycles. The molecule has 0 aliphatic carbocycles. The Hall–Kier alpha value is 0.580. The summed E-state index contributed by atoms with van der Waals surface area (Å²) in [6.45, 7) is 4.27. The van der Waals surface area contributed by atoms with Crippen molar-refractivity contribution in [3.8, 4) is 0 Å². The van der Waals surface area contributed by atoms with Crippen LogP contribution in [0.1, 0.15) is 26.7 Å². The standard InChI is InChI=1S/C7H14Cl2/c1-3-7(4-2,5-8)6-9/h3-6H2,1-2H3. The maximum absolute atomic E-state index is 5.74. The first kappa shape index (κ1) is 9.58. The molecule has 2 heteroatoms. The van der Waals surface area contributed by atoms with Gasteiger partial charge in [0.1, 0.15) is 0 Å². The van der Waals surface area contributed by atoms with Gasteiger partial charge in [0, 0.05) is 11.8 Å². The Morgan fingerprint density at radius 3 is 1.33 bits per heavy atom. The van der Waals surface area contributed by atoms with E-state index in [0.717, 1.165) is 12.8 Å². The molecule has 0 nitrogen and oxygen atoms in total. The monoisotopic (exact) mass is 168 g/mol. The molecule has 0 aliphatic heterocycles. The Kier molecular flexibility index (Phi) is 4.69. The van der Waals surface area contributed by atoms with Crippen molar-refractivity contribution in [3.63, 3.8) is 0 Å². The summed E-state index contributed by atoms with van der Waals surface area (Å²) in [6, 6.07) is 0. The van der Waals surface area contributed by atoms with E-state index in [4.69, 9.17) is 23.2 Å². The van der Waals surface area contributed by atoms with Crippen LogP contribution in [0.5, 0.6) is 0 Å². The molecule has 0 radical (unpaired) electrons. The van der Waals surface area contributed by atoms with Gasteiger partial charge in [-0.25, -0.2) is 0 Å². The molecule has 0 spiro atoms. The molecule has 0 fully saturated rings. The van der Waals surface area contributed by atoms with Crippen molar-refractivity contribution >= 4 is 23.2 Å². The number of hydrogen-bond donors (Lipinski definition) is 0. The molecule has 0 saturated heterocycles. The van der Waals surface area contributed by atoms with E-state index in [1.54, 1.807) is 0 Å². The van der Waals surface area contributed by atoms with Crippen molar-refractivity contribution in [2.24, 2.45) is 5.41 Å². The van der Waals surface area contributed by atoms with Crippen molar-refractivity contribution in [1.29, 1.82) is 0 Å². The topological polar surface area (TPSA) is 0 Å². The summed E-state index contributed by atoms with van der Waals surface area (Å²) in [4.78, 5) is 0. The summed E-state index contributed by atoms with van der Waals surface area (Å²) in [5.74, 6) is 1.37. The lowest BCUT2D eigenvalue weighted by Crippen LogP contribution is -2.22. The molecule has 0 unspecified atom stereocenters. The van der Waals surface area contributed by atoms with Gasteiger partial charge >= 0.3 is 0 Å². The normalized spacial score (nSPS) is 12.0. The lowest BCUT2D eigenvalue weighted by molar-refractivity contribution is 0.350. The molecule has 0 aromatic rings. The van der Waals surface area contributed by atoms with Crippen LogP contribution in [0, 0.1) is 5.41 Å². The van der Waals surface area contributed by atoms with Crippen LogP contribution in [0.4, 0.5) is 0 Å². The summed E-state index contributed by atoms with van der Waals surface area (Å²) in [7, 11) is 0. The summed E-state index contributed by atoms with van der Waals surface area (Å²) >= 11 is 11.5. The van der Waals surface area contributed by atoms with Gasteiger partial charge in [-0.1, -0.05) is 13.8 Å². The molecule has 0 amide bonds. The minimum Gasteiger partial charge on any atom is -0.126 e. The fourth-order valence-corrected chi connectivity index (χ4v) is 1.71. The minimum absolute atomic E-state index is 0.198. The molecule has 0 aliphatic rings. The molecule has 0 rings (SSSR count). The van der Waals surface area contributed by atoms with Gasteiger partial charge in [-0.2, -0.15) is 0 Å². The third kappa shape index (κ3) is 2.35. The Balaban J connectivity index is 3.82. The van der Waals surface area contributed by atoms with Gasteiger partial charge in [0.15, 0.2) is 0 Å². The first-order valence-electron chi connectivity index (χ1n) is 3.36. The fraction of sp³-hybridized carbons (Fsp3) is 1.00. The van der Waals surface area contributed by atoms with Gasteiger partial charge in [0.2, 0.25) is 0 Å². The molecule has 56 valence electrons. The van der Waals surface area contributed by atoms with E-state index in [2.05, 4.69) is 13.8 Å². The molecule has 0 aromatic heterocycles. The van der Waals surface area contributed by atoms with Gasteiger partial charge in [0.25, 0.3) is 0 Å². The average molecular weight is 169 g/mol. The summed E-state index contributed by atoms with van der Waals surface area (Å²) < 4.78 is 0. The maximum atomic E-state index is 5.74. The van der Waals surface area contributed by atoms with Crippen molar-refractivity contribution in [2.45, 2.75) is 26.7 Å². The van der Waals surface area contributed by atoms with E-state index in [0.29, 0.717) is 11.8 Å². The Bertz CT molecular complexity index is 49.8. The van der Waals surface area contributed by atoms with Gasteiger partial charge < -0.3 is 0 Å². The highest BCUT2D eigenvalue weighted by Crippen LogP contribution is 2.28. The van der Waals surface area contributed by atoms with E-state index < -0.39 is 0 Å². The second-order valence-electron chi connectivity index (χ2n) is 2.47. The number of halogens is 2. The van der Waals surface area contributed by atoms with E-state index in [9.17, 15) is 0 Å². The Morgan fingerprint density at radius 2 is 1.33 bits per heavy atom. The zero-order chi connectivity index (χ0) is 7.33. The molecule has 9 heavy (non-hydrogen) atoms. The Labute approximate surface area is 67.5 Å². The zero-order valence-corrected chi connectivity index (χ0v) is 7.60. The van der Waals surface area contributed by atoms with Gasteiger partial charge in [-0.15, -0.1) is 23.2 Å². The van der Waals surface area contributed by atoms with E-state index in [1.165, 1.54) is 0 Å². The van der Waals surface area contributed by atoms with E-state index in [1.807, 2.05) is 0 Å². The maximum Gasteiger partial charge on any atom is 0.0291 e. The van der Waals surface area contributed by atoms with Gasteiger partial charge in [0.05, 0.1) is 0 Å². The first-order valence-corrected chi connectivity index (χ1v) is 4.43. The van der Waals surface area contributed by atoms with E-state index >= 15 is 0 Å². The summed E-state index contributed by atoms with van der Waals surface area (Å²) in [5.41, 5.74) is 0.198. The quantitative estimate of drug-likeness (QED) is 0.566. The highest BCUT2D eigenvalue weighted by Gasteiger charge is 2.23. The van der Waals surface area contributed by atoms with Crippen LogP contribution in [0.25, 0.3) is 0 Å². The van der Waals surface area contributed by atoms with Crippen molar-refractivity contribution in [1.82, 2.24) is 0 Å². The highest BCUT2D eigenvalue weighted by molar-refractivity contribution is 6.21. The molecule has 0 saturated carbocycles. The molecule has 0 atom stereocenters. The SMILES string of the molecule is CCC(CC)(CCl)CCl. The van der Waals surface area contributed by atoms with Crippen LogP contribution in [-0.2, 0) is 0 Å². The second kappa shape index (κ2) is 4.40. The largest absolute Gasteiger partial charge is 0.126 e. The van der Waals surface area contributed by atoms with Crippen molar-refractivity contribution < 1.29 is 0 Å². The highest BCUT2D eigenvalue weighted by atomic mass is 35.5. The summed E-state index contributed by atoms with van der Waals surface area (Å²) in [6.07, 6.45) is 2.16. The smallest absolute Gasteiger partial charge is 0.0291 e. The predicted octanol–water partition coefficient (Wildman–Crippen LogP) is 3.27. The van der Waals surface area contributed by atoms with Crippen LogP contribution in [0.3, 0.4) is 0 Å². The van der Waals surface area contributed by atoms with Crippen molar-refractivity contribution in [3.05, 3.63) is 0 Å². The van der Waals surface area contributed by atoms with Crippen LogP contribution >= 0.6 is 23.2 Å². The first-order chi connectivity index (χ1) is 4.24.